The number of nitrogens with zero attached hydrogens (tertiary/aromatic N) is 7. The molecule has 0 spiro atoms. The van der Waals surface area contributed by atoms with Crippen molar-refractivity contribution in [1.82, 2.24) is 39.5 Å². The van der Waals surface area contributed by atoms with Crippen molar-refractivity contribution in [3.05, 3.63) is 66.1 Å². The molecule has 4 aromatic heterocycles. The zero-order chi connectivity index (χ0) is 54.3. The van der Waals surface area contributed by atoms with Crippen molar-refractivity contribution < 1.29 is 33.4 Å². The highest BCUT2D eigenvalue weighted by atomic mass is 16.7. The number of rotatable bonds is 24. The molecule has 6 aromatic rings. The van der Waals surface area contributed by atoms with E-state index in [9.17, 15) is 9.59 Å². The van der Waals surface area contributed by atoms with Gasteiger partial charge in [0.1, 0.15) is 29.3 Å². The largest absolute Gasteiger partial charge is 0.494 e. The molecule has 8 rings (SSSR count). The molecule has 2 atom stereocenters. The number of imidazole rings is 2. The number of fused-ring (bicyclic) bond motifs is 2. The summed E-state index contributed by atoms with van der Waals surface area (Å²) in [6.45, 7) is 15.3. The van der Waals surface area contributed by atoms with Crippen LogP contribution in [0.1, 0.15) is 151 Å². The lowest BCUT2D eigenvalue weighted by Gasteiger charge is -2.24. The van der Waals surface area contributed by atoms with E-state index in [4.69, 9.17) is 39.7 Å². The van der Waals surface area contributed by atoms with E-state index in [1.54, 1.807) is 6.33 Å². The Labute approximate surface area is 444 Å². The molecule has 0 saturated carbocycles. The smallest absolute Gasteiger partial charge is 0.324 e. The number of ketones is 1. The molecule has 8 N–H and O–H groups in total. The number of hydrogen-bond acceptors (Lipinski definition) is 20. The summed E-state index contributed by atoms with van der Waals surface area (Å²) in [6, 6.07) is 15.5. The fraction of sp³-hybridized carbons (Fsp3) is 0.556. The number of unbranched alkanes of at least 4 members (excludes halogenated alkanes) is 6. The zero-order valence-corrected chi connectivity index (χ0v) is 45.0. The SMILES string of the molecule is CC(C)(C)Nc1nc(Nc2ccc(OCCCCCCC(=O)C3CCCCO3)cc2)nc2c1ncn2C1CCCCO1.CC(C)(C)Nc1nc(Nc2ccc(OCCCCCCC(=O)ON)cc2)nc2nc[nH]c12.N=O. The number of H-pyrrole nitrogens is 1. The van der Waals surface area contributed by atoms with Gasteiger partial charge < -0.3 is 50.0 Å². The van der Waals surface area contributed by atoms with Crippen LogP contribution >= 0.6 is 0 Å². The quantitative estimate of drug-likeness (QED) is 0.0168. The van der Waals surface area contributed by atoms with Gasteiger partial charge in [0.25, 0.3) is 0 Å². The number of nitrogens with one attached hydrogen (secondary N) is 6. The zero-order valence-electron chi connectivity index (χ0n) is 45.0. The lowest BCUT2D eigenvalue weighted by Crippen LogP contribution is -2.27. The summed E-state index contributed by atoms with van der Waals surface area (Å²) in [5.41, 5.74) is 8.72. The second kappa shape index (κ2) is 29.3. The van der Waals surface area contributed by atoms with Crippen LogP contribution in [0, 0.1) is 10.5 Å². The van der Waals surface area contributed by atoms with Gasteiger partial charge in [-0.25, -0.2) is 9.97 Å². The number of carbonyl (C=O) groups excluding carboxylic acids is 2. The molecule has 76 heavy (non-hydrogen) atoms. The average Bonchev–Trinajstić information content (AvgIpc) is 4.09. The number of nitroso groups, excluding NO2 is 1. The number of aromatic nitrogens is 8. The van der Waals surface area contributed by atoms with E-state index in [1.165, 1.54) is 0 Å². The fourth-order valence-corrected chi connectivity index (χ4v) is 8.51. The lowest BCUT2D eigenvalue weighted by molar-refractivity contribution is -0.144. The van der Waals surface area contributed by atoms with Crippen LogP contribution in [0.5, 0.6) is 11.5 Å². The van der Waals surface area contributed by atoms with Crippen LogP contribution in [0.25, 0.3) is 22.3 Å². The van der Waals surface area contributed by atoms with Crippen LogP contribution in [-0.2, 0) is 23.9 Å². The minimum Gasteiger partial charge on any atom is -0.494 e. The van der Waals surface area contributed by atoms with Crippen molar-refractivity contribution in [2.24, 2.45) is 5.90 Å². The Morgan fingerprint density at radius 3 is 1.80 bits per heavy atom. The summed E-state index contributed by atoms with van der Waals surface area (Å²) in [4.78, 5) is 65.5. The van der Waals surface area contributed by atoms with Gasteiger partial charge >= 0.3 is 5.97 Å². The van der Waals surface area contributed by atoms with Crippen molar-refractivity contribution in [3.8, 4) is 11.5 Å². The molecule has 0 amide bonds. The first-order chi connectivity index (χ1) is 36.7. The summed E-state index contributed by atoms with van der Waals surface area (Å²) in [7, 11) is 0. The van der Waals surface area contributed by atoms with Crippen molar-refractivity contribution in [2.45, 2.75) is 168 Å². The maximum atomic E-state index is 12.2. The Hall–Kier alpha value is -7.04. The van der Waals surface area contributed by atoms with Gasteiger partial charge in [0.05, 0.1) is 25.9 Å². The number of aromatic amines is 1. The number of hydrogen-bond donors (Lipinski definition) is 7. The van der Waals surface area contributed by atoms with E-state index in [0.29, 0.717) is 55.2 Å². The molecule has 22 nitrogen and oxygen atoms in total. The van der Waals surface area contributed by atoms with Crippen LogP contribution in [0.15, 0.2) is 61.2 Å². The average molecular weight is 1050 g/mol. The standard InChI is InChI=1S/C32H46N6O4.C22H31N7O3.HNO/c1-32(2,3)37-29-28-30(38(22-33-28)27-14-8-11-21-42-27)36-31(35-29)34-23-15-17-24(18-16-23)40-19-9-5-4-6-12-25(39)26-13-7-10-20-41-26;1-22(2,3)29-20-18-19(25-14-24-18)27-21(28-20)26-15-9-11-16(12-10-15)31-13-7-5-4-6-8-17(30)32-23;1-2/h15-18,22,26-27H,4-14,19-21H2,1-3H3,(H2,34,35,36,37);9-12,14H,4-8,13,23H2,1-3H3,(H3,24,25,26,27,28,29);1H. The van der Waals surface area contributed by atoms with Gasteiger partial charge in [0.15, 0.2) is 34.2 Å². The predicted octanol–water partition coefficient (Wildman–Crippen LogP) is 11.3. The van der Waals surface area contributed by atoms with Crippen LogP contribution in [0.3, 0.4) is 0 Å². The highest BCUT2D eigenvalue weighted by Crippen LogP contribution is 2.31. The molecule has 412 valence electrons. The highest BCUT2D eigenvalue weighted by Gasteiger charge is 2.24. The first-order valence-corrected chi connectivity index (χ1v) is 26.6. The van der Waals surface area contributed by atoms with E-state index in [0.717, 1.165) is 143 Å². The van der Waals surface area contributed by atoms with E-state index >= 15 is 0 Å². The summed E-state index contributed by atoms with van der Waals surface area (Å²) in [5, 5.41) is 13.5. The van der Waals surface area contributed by atoms with Gasteiger partial charge in [-0.3, -0.25) is 14.2 Å². The van der Waals surface area contributed by atoms with Gasteiger partial charge in [-0.2, -0.15) is 30.7 Å². The summed E-state index contributed by atoms with van der Waals surface area (Å²) in [6.07, 6.45) is 18.0. The molecule has 0 aliphatic carbocycles. The van der Waals surface area contributed by atoms with Gasteiger partial charge in [0.2, 0.25) is 11.9 Å². The van der Waals surface area contributed by atoms with Crippen LogP contribution in [-0.4, -0.2) is 94.8 Å². The van der Waals surface area contributed by atoms with Crippen molar-refractivity contribution in [2.75, 3.05) is 47.7 Å². The molecule has 2 saturated heterocycles. The van der Waals surface area contributed by atoms with E-state index in [1.807, 2.05) is 59.4 Å². The monoisotopic (exact) mass is 1050 g/mol. The van der Waals surface area contributed by atoms with Gasteiger partial charge in [0, 0.05) is 48.5 Å². The molecular weight excluding hydrogens is 973 g/mol. The minimum atomic E-state index is -0.369. The number of benzene rings is 2. The third-order valence-electron chi connectivity index (χ3n) is 12.2. The first-order valence-electron chi connectivity index (χ1n) is 26.6. The first kappa shape index (κ1) is 58.2. The molecule has 6 heterocycles. The Morgan fingerprint density at radius 2 is 1.24 bits per heavy atom. The Kier molecular flexibility index (Phi) is 22.5. The van der Waals surface area contributed by atoms with Crippen molar-refractivity contribution in [1.29, 1.82) is 5.59 Å². The van der Waals surface area contributed by atoms with E-state index in [2.05, 4.69) is 98.2 Å². The molecule has 2 fully saturated rings. The lowest BCUT2D eigenvalue weighted by atomic mass is 10.0. The molecule has 0 radical (unpaired) electrons. The Bertz CT molecular complexity index is 2690. The topological polar surface area (TPSA) is 293 Å². The Morgan fingerprint density at radius 1 is 0.684 bits per heavy atom. The number of Topliss-reactive ketones (excluding diaryl/α,β-unsaturated/α-hetero) is 1. The summed E-state index contributed by atoms with van der Waals surface area (Å²) < 4.78 is 25.4. The predicted molar refractivity (Wildman–Crippen MR) is 294 cm³/mol. The number of nitrogens with two attached hydrogens (primary N) is 1. The number of carbonyl (C=O) groups is 2. The third-order valence-corrected chi connectivity index (χ3v) is 12.2. The maximum Gasteiger partial charge on any atom is 0.324 e. The van der Waals surface area contributed by atoms with Gasteiger partial charge in [-0.1, -0.05) is 31.3 Å². The molecule has 2 aromatic carbocycles. The second-order valence-corrected chi connectivity index (χ2v) is 20.9. The molecule has 0 bridgehead atoms. The van der Waals surface area contributed by atoms with E-state index < -0.39 is 0 Å². The third kappa shape index (κ3) is 19.0. The summed E-state index contributed by atoms with van der Waals surface area (Å²) >= 11 is 0. The normalized spacial score (nSPS) is 15.6. The highest BCUT2D eigenvalue weighted by molar-refractivity contribution is 5.86. The number of anilines is 6. The minimum absolute atomic E-state index is 0.0657. The van der Waals surface area contributed by atoms with Crippen molar-refractivity contribution in [3.63, 3.8) is 0 Å². The number of ether oxygens (including phenoxy) is 4. The fourth-order valence-electron chi connectivity index (χ4n) is 8.51. The molecule has 22 heteroatoms. The van der Waals surface area contributed by atoms with E-state index in [-0.39, 0.29) is 35.2 Å². The van der Waals surface area contributed by atoms with Crippen LogP contribution in [0.2, 0.25) is 0 Å². The van der Waals surface area contributed by atoms with Crippen LogP contribution < -0.4 is 36.6 Å². The van der Waals surface area contributed by atoms with Gasteiger partial charge in [-0.05, 0) is 154 Å². The van der Waals surface area contributed by atoms with Crippen LogP contribution in [0.4, 0.5) is 34.9 Å². The Balaban J connectivity index is 0.000000248. The van der Waals surface area contributed by atoms with Crippen molar-refractivity contribution >= 4 is 69.0 Å². The second-order valence-electron chi connectivity index (χ2n) is 20.9. The summed E-state index contributed by atoms with van der Waals surface area (Å²) in [5.74, 6) is 8.67. The molecule has 2 aliphatic heterocycles. The molecule has 2 aliphatic rings. The van der Waals surface area contributed by atoms with Gasteiger partial charge in [-0.15, -0.1) is 0 Å². The molecular formula is C54H78N14O8. The maximum absolute atomic E-state index is 12.2. The molecule has 2 unspecified atom stereocenters.